The lowest BCUT2D eigenvalue weighted by Crippen LogP contribution is -2.31. The van der Waals surface area contributed by atoms with Crippen LogP contribution in [0.25, 0.3) is 0 Å². The summed E-state index contributed by atoms with van der Waals surface area (Å²) in [6.45, 7) is 3.79. The van der Waals surface area contributed by atoms with Gasteiger partial charge in [0.1, 0.15) is 5.76 Å². The van der Waals surface area contributed by atoms with Gasteiger partial charge in [-0.3, -0.25) is 4.79 Å². The Morgan fingerprint density at radius 2 is 2.00 bits per heavy atom. The van der Waals surface area contributed by atoms with E-state index in [2.05, 4.69) is 4.72 Å². The molecule has 0 spiro atoms. The van der Waals surface area contributed by atoms with Crippen molar-refractivity contribution < 1.29 is 17.6 Å². The molecule has 2 rings (SSSR count). The summed E-state index contributed by atoms with van der Waals surface area (Å²) in [6.07, 6.45) is 1.54. The van der Waals surface area contributed by atoms with Gasteiger partial charge in [-0.1, -0.05) is 6.07 Å². The van der Waals surface area contributed by atoms with Gasteiger partial charge in [0.15, 0.2) is 0 Å². The van der Waals surface area contributed by atoms with E-state index in [9.17, 15) is 13.2 Å². The highest BCUT2D eigenvalue weighted by Crippen LogP contribution is 2.15. The summed E-state index contributed by atoms with van der Waals surface area (Å²) in [5.74, 6) is 0.383. The van der Waals surface area contributed by atoms with Crippen molar-refractivity contribution in [1.82, 2.24) is 9.62 Å². The van der Waals surface area contributed by atoms with E-state index in [1.54, 1.807) is 51.4 Å². The van der Waals surface area contributed by atoms with Crippen LogP contribution in [0.2, 0.25) is 0 Å². The fourth-order valence-corrected chi connectivity index (χ4v) is 3.40. The highest BCUT2D eigenvalue weighted by atomic mass is 32.2. The van der Waals surface area contributed by atoms with Gasteiger partial charge in [0.05, 0.1) is 17.7 Å². The fourth-order valence-electron chi connectivity index (χ4n) is 2.10. The van der Waals surface area contributed by atoms with Crippen molar-refractivity contribution in [3.63, 3.8) is 0 Å². The first kappa shape index (κ1) is 17.2. The fraction of sp³-hybridized carbons (Fsp3) is 0.312. The highest BCUT2D eigenvalue weighted by molar-refractivity contribution is 7.89. The van der Waals surface area contributed by atoms with Gasteiger partial charge in [-0.15, -0.1) is 0 Å². The minimum Gasteiger partial charge on any atom is -0.467 e. The molecule has 0 aliphatic heterocycles. The zero-order valence-electron chi connectivity index (χ0n) is 13.3. The highest BCUT2D eigenvalue weighted by Gasteiger charge is 2.19. The van der Waals surface area contributed by atoms with E-state index >= 15 is 0 Å². The first-order chi connectivity index (χ1) is 10.8. The molecular weight excluding hydrogens is 316 g/mol. The quantitative estimate of drug-likeness (QED) is 0.877. The SMILES string of the molecule is CC(C)NS(=O)(=O)c1cccc(C(=O)N(C)Cc2ccco2)c1. The van der Waals surface area contributed by atoms with Crippen molar-refractivity contribution in [3.05, 3.63) is 54.0 Å². The van der Waals surface area contributed by atoms with Crippen LogP contribution in [0.3, 0.4) is 0 Å². The minimum atomic E-state index is -3.63. The first-order valence-corrected chi connectivity index (χ1v) is 8.68. The standard InChI is InChI=1S/C16H20N2O4S/c1-12(2)17-23(20,21)15-8-4-6-13(10-15)16(19)18(3)11-14-7-5-9-22-14/h4-10,12,17H,11H2,1-3H3. The van der Waals surface area contributed by atoms with Crippen molar-refractivity contribution in [2.75, 3.05) is 7.05 Å². The average molecular weight is 336 g/mol. The van der Waals surface area contributed by atoms with Gasteiger partial charge in [0.25, 0.3) is 5.91 Å². The second-order valence-electron chi connectivity index (χ2n) is 5.54. The molecule has 0 saturated heterocycles. The molecule has 1 aromatic heterocycles. The molecule has 124 valence electrons. The first-order valence-electron chi connectivity index (χ1n) is 7.20. The third-order valence-electron chi connectivity index (χ3n) is 3.10. The molecule has 2 aromatic rings. The molecule has 1 aromatic carbocycles. The predicted molar refractivity (Wildman–Crippen MR) is 86.4 cm³/mol. The summed E-state index contributed by atoms with van der Waals surface area (Å²) in [4.78, 5) is 14.0. The van der Waals surface area contributed by atoms with E-state index in [0.717, 1.165) is 0 Å². The lowest BCUT2D eigenvalue weighted by atomic mass is 10.2. The van der Waals surface area contributed by atoms with E-state index < -0.39 is 10.0 Å². The second-order valence-corrected chi connectivity index (χ2v) is 7.26. The molecule has 0 radical (unpaired) electrons. The van der Waals surface area contributed by atoms with Gasteiger partial charge in [-0.05, 0) is 44.2 Å². The molecule has 0 unspecified atom stereocenters. The maximum atomic E-state index is 12.4. The summed E-state index contributed by atoms with van der Waals surface area (Å²) < 4.78 is 32.1. The molecule has 0 aliphatic carbocycles. The van der Waals surface area contributed by atoms with E-state index in [4.69, 9.17) is 4.42 Å². The monoisotopic (exact) mass is 336 g/mol. The van der Waals surface area contributed by atoms with Crippen molar-refractivity contribution in [2.24, 2.45) is 0 Å². The largest absolute Gasteiger partial charge is 0.467 e. The van der Waals surface area contributed by atoms with E-state index in [1.165, 1.54) is 17.0 Å². The Morgan fingerprint density at radius 1 is 1.26 bits per heavy atom. The molecule has 0 saturated carbocycles. The van der Waals surface area contributed by atoms with Gasteiger partial charge in [0, 0.05) is 18.7 Å². The van der Waals surface area contributed by atoms with Crippen LogP contribution >= 0.6 is 0 Å². The molecule has 6 nitrogen and oxygen atoms in total. The van der Waals surface area contributed by atoms with Crippen molar-refractivity contribution in [2.45, 2.75) is 31.3 Å². The Morgan fingerprint density at radius 3 is 2.61 bits per heavy atom. The van der Waals surface area contributed by atoms with Crippen LogP contribution in [-0.2, 0) is 16.6 Å². The van der Waals surface area contributed by atoms with Gasteiger partial charge in [-0.25, -0.2) is 13.1 Å². The Hall–Kier alpha value is -2.12. The van der Waals surface area contributed by atoms with Crippen molar-refractivity contribution >= 4 is 15.9 Å². The molecule has 0 fully saturated rings. The molecule has 23 heavy (non-hydrogen) atoms. The number of sulfonamides is 1. The Labute approximate surface area is 136 Å². The molecule has 1 heterocycles. The third-order valence-corrected chi connectivity index (χ3v) is 4.76. The van der Waals surface area contributed by atoms with Crippen molar-refractivity contribution in [3.8, 4) is 0 Å². The summed E-state index contributed by atoms with van der Waals surface area (Å²) in [5, 5.41) is 0. The zero-order chi connectivity index (χ0) is 17.0. The maximum Gasteiger partial charge on any atom is 0.254 e. The lowest BCUT2D eigenvalue weighted by Gasteiger charge is -2.16. The second kappa shape index (κ2) is 6.97. The molecule has 7 heteroatoms. The smallest absolute Gasteiger partial charge is 0.254 e. The maximum absolute atomic E-state index is 12.4. The third kappa shape index (κ3) is 4.43. The summed E-state index contributed by atoms with van der Waals surface area (Å²) in [5.41, 5.74) is 0.311. The van der Waals surface area contributed by atoms with Gasteiger partial charge < -0.3 is 9.32 Å². The lowest BCUT2D eigenvalue weighted by molar-refractivity contribution is 0.0775. The van der Waals surface area contributed by atoms with Crippen LogP contribution < -0.4 is 4.72 Å². The molecule has 1 N–H and O–H groups in total. The van der Waals surface area contributed by atoms with Gasteiger partial charge >= 0.3 is 0 Å². The molecule has 1 amide bonds. The number of furan rings is 1. The van der Waals surface area contributed by atoms with Crippen LogP contribution in [0.4, 0.5) is 0 Å². The van der Waals surface area contributed by atoms with Gasteiger partial charge in [0.2, 0.25) is 10.0 Å². The normalized spacial score (nSPS) is 11.7. The van der Waals surface area contributed by atoms with Gasteiger partial charge in [-0.2, -0.15) is 0 Å². The average Bonchev–Trinajstić information content (AvgIpc) is 2.98. The predicted octanol–water partition coefficient (Wildman–Crippen LogP) is 2.24. The van der Waals surface area contributed by atoms with Crippen LogP contribution in [0, 0.1) is 0 Å². The Balaban J connectivity index is 2.20. The zero-order valence-corrected chi connectivity index (χ0v) is 14.1. The number of amides is 1. The molecular formula is C16H20N2O4S. The van der Waals surface area contributed by atoms with Crippen LogP contribution in [0.15, 0.2) is 52.0 Å². The number of carbonyl (C=O) groups excluding carboxylic acids is 1. The topological polar surface area (TPSA) is 79.6 Å². The number of nitrogens with one attached hydrogen (secondary N) is 1. The minimum absolute atomic E-state index is 0.0726. The Kier molecular flexibility index (Phi) is 5.23. The van der Waals surface area contributed by atoms with Crippen LogP contribution in [-0.4, -0.2) is 32.3 Å². The van der Waals surface area contributed by atoms with E-state index in [0.29, 0.717) is 17.9 Å². The number of hydrogen-bond donors (Lipinski definition) is 1. The summed E-state index contributed by atoms with van der Waals surface area (Å²) in [7, 11) is -1.99. The summed E-state index contributed by atoms with van der Waals surface area (Å²) in [6, 6.07) is 9.30. The van der Waals surface area contributed by atoms with Crippen molar-refractivity contribution in [1.29, 1.82) is 0 Å². The van der Waals surface area contributed by atoms with E-state index in [-0.39, 0.29) is 16.8 Å². The number of carbonyl (C=O) groups is 1. The number of hydrogen-bond acceptors (Lipinski definition) is 4. The summed E-state index contributed by atoms with van der Waals surface area (Å²) >= 11 is 0. The molecule has 0 atom stereocenters. The van der Waals surface area contributed by atoms with E-state index in [1.807, 2.05) is 0 Å². The number of benzene rings is 1. The number of rotatable bonds is 6. The number of nitrogens with zero attached hydrogens (tertiary/aromatic N) is 1. The molecule has 0 aliphatic rings. The molecule has 0 bridgehead atoms. The van der Waals surface area contributed by atoms with Crippen LogP contribution in [0.5, 0.6) is 0 Å². The van der Waals surface area contributed by atoms with Crippen LogP contribution in [0.1, 0.15) is 30.0 Å². The Bertz CT molecular complexity index is 767.